The lowest BCUT2D eigenvalue weighted by atomic mass is 10.1. The zero-order chi connectivity index (χ0) is 27.1. The van der Waals surface area contributed by atoms with Crippen molar-refractivity contribution in [3.8, 4) is 0 Å². The minimum absolute atomic E-state index is 0.172. The molecule has 0 heterocycles. The van der Waals surface area contributed by atoms with Gasteiger partial charge in [0.25, 0.3) is 0 Å². The lowest BCUT2D eigenvalue weighted by Crippen LogP contribution is -2.25. The Morgan fingerprint density at radius 1 is 0.750 bits per heavy atom. The molecule has 0 amide bonds. The van der Waals surface area contributed by atoms with Gasteiger partial charge in [0.05, 0.1) is 31.4 Å². The molecule has 0 radical (unpaired) electrons. The van der Waals surface area contributed by atoms with Crippen LogP contribution in [0.4, 0.5) is 13.2 Å². The van der Waals surface area contributed by atoms with E-state index >= 15 is 0 Å². The van der Waals surface area contributed by atoms with Crippen molar-refractivity contribution in [2.24, 2.45) is 0 Å². The van der Waals surface area contributed by atoms with E-state index in [1.54, 1.807) is 0 Å². The first-order valence-corrected chi connectivity index (χ1v) is 15.2. The predicted octanol–water partition coefficient (Wildman–Crippen LogP) is 4.63. The molecule has 0 aliphatic heterocycles. The van der Waals surface area contributed by atoms with Crippen LogP contribution in [0.15, 0.2) is 86.3 Å². The molecule has 0 spiro atoms. The van der Waals surface area contributed by atoms with E-state index in [1.807, 2.05) is 0 Å². The van der Waals surface area contributed by atoms with E-state index in [0.29, 0.717) is 17.7 Å². The second-order valence-corrected chi connectivity index (χ2v) is 13.9. The standard InChI is InChI=1S/C22H19ClF3NO6S3/c1-14(27-34(2,28)29)15-3-8-18(9-4-15)35(30,31)20-12-5-16(22(24,25)26)13-21(20)36(32,33)19-10-6-17(23)7-11-19/h3-14,27H,1-2H3/t14-/m0/s1. The van der Waals surface area contributed by atoms with Crippen LogP contribution in [0, 0.1) is 0 Å². The SMILES string of the molecule is C[C@H](NS(C)(=O)=O)c1ccc(S(=O)(=O)c2ccc(C(F)(F)F)cc2S(=O)(=O)c2ccc(Cl)cc2)cc1. The third-order valence-electron chi connectivity index (χ3n) is 5.06. The molecule has 0 aliphatic rings. The summed E-state index contributed by atoms with van der Waals surface area (Å²) in [5.41, 5.74) is -0.939. The molecule has 0 aromatic heterocycles. The number of rotatable bonds is 7. The Morgan fingerprint density at radius 3 is 1.69 bits per heavy atom. The van der Waals surface area contributed by atoms with E-state index in [1.165, 1.54) is 31.2 Å². The molecule has 1 atom stereocenters. The smallest absolute Gasteiger partial charge is 0.218 e. The molecule has 0 saturated carbocycles. The van der Waals surface area contributed by atoms with Crippen LogP contribution in [0.2, 0.25) is 5.02 Å². The highest BCUT2D eigenvalue weighted by Crippen LogP contribution is 2.37. The van der Waals surface area contributed by atoms with Gasteiger partial charge in [0, 0.05) is 11.1 Å². The lowest BCUT2D eigenvalue weighted by molar-refractivity contribution is -0.137. The molecule has 0 bridgehead atoms. The molecular formula is C22H19ClF3NO6S3. The molecule has 0 saturated heterocycles. The number of nitrogens with one attached hydrogen (secondary N) is 1. The molecule has 3 rings (SSSR count). The highest BCUT2D eigenvalue weighted by atomic mass is 35.5. The predicted molar refractivity (Wildman–Crippen MR) is 127 cm³/mol. The Bertz CT molecular complexity index is 1600. The number of hydrogen-bond acceptors (Lipinski definition) is 6. The third kappa shape index (κ3) is 6.09. The Morgan fingerprint density at radius 2 is 1.22 bits per heavy atom. The van der Waals surface area contributed by atoms with Crippen LogP contribution in [0.25, 0.3) is 0 Å². The van der Waals surface area contributed by atoms with Gasteiger partial charge in [0.2, 0.25) is 29.7 Å². The van der Waals surface area contributed by atoms with Crippen molar-refractivity contribution in [3.63, 3.8) is 0 Å². The summed E-state index contributed by atoms with van der Waals surface area (Å²) in [6.45, 7) is 1.53. The molecule has 36 heavy (non-hydrogen) atoms. The van der Waals surface area contributed by atoms with Crippen LogP contribution in [-0.2, 0) is 35.9 Å². The number of sulfone groups is 2. The van der Waals surface area contributed by atoms with Crippen LogP contribution in [0.1, 0.15) is 24.1 Å². The quantitative estimate of drug-likeness (QED) is 0.435. The highest BCUT2D eigenvalue weighted by molar-refractivity contribution is 7.94. The summed E-state index contributed by atoms with van der Waals surface area (Å²) in [6, 6.07) is 10.0. The average molecular weight is 582 g/mol. The summed E-state index contributed by atoms with van der Waals surface area (Å²) in [5, 5.41) is 0.172. The van der Waals surface area contributed by atoms with Crippen molar-refractivity contribution in [1.82, 2.24) is 4.72 Å². The monoisotopic (exact) mass is 581 g/mol. The number of benzene rings is 3. The first kappa shape index (κ1) is 28.1. The number of hydrogen-bond donors (Lipinski definition) is 1. The van der Waals surface area contributed by atoms with Gasteiger partial charge in [-0.2, -0.15) is 13.2 Å². The number of sulfonamides is 1. The molecule has 7 nitrogen and oxygen atoms in total. The summed E-state index contributed by atoms with van der Waals surface area (Å²) in [7, 11) is -12.9. The van der Waals surface area contributed by atoms with Crippen LogP contribution >= 0.6 is 11.6 Å². The van der Waals surface area contributed by atoms with E-state index in [0.717, 1.165) is 30.5 Å². The first-order chi connectivity index (χ1) is 16.4. The van der Waals surface area contributed by atoms with Gasteiger partial charge in [-0.05, 0) is 67.1 Å². The highest BCUT2D eigenvalue weighted by Gasteiger charge is 2.36. The topological polar surface area (TPSA) is 114 Å². The lowest BCUT2D eigenvalue weighted by Gasteiger charge is -2.16. The molecule has 3 aromatic rings. The maximum absolute atomic E-state index is 13.4. The van der Waals surface area contributed by atoms with E-state index < -0.39 is 67.1 Å². The van der Waals surface area contributed by atoms with Gasteiger partial charge < -0.3 is 0 Å². The van der Waals surface area contributed by atoms with Gasteiger partial charge in [-0.15, -0.1) is 0 Å². The van der Waals surface area contributed by atoms with Gasteiger partial charge >= 0.3 is 6.18 Å². The normalized spacial score (nSPS) is 13.9. The van der Waals surface area contributed by atoms with E-state index in [-0.39, 0.29) is 11.1 Å². The largest absolute Gasteiger partial charge is 0.416 e. The zero-order valence-electron chi connectivity index (χ0n) is 18.6. The molecule has 0 unspecified atom stereocenters. The molecule has 0 fully saturated rings. The minimum Gasteiger partial charge on any atom is -0.218 e. The Hall–Kier alpha value is -2.45. The first-order valence-electron chi connectivity index (χ1n) is 9.97. The van der Waals surface area contributed by atoms with Crippen molar-refractivity contribution in [3.05, 3.63) is 82.9 Å². The second-order valence-electron chi connectivity index (χ2n) is 7.80. The molecule has 0 aliphatic carbocycles. The van der Waals surface area contributed by atoms with Gasteiger partial charge in [0.15, 0.2) is 0 Å². The zero-order valence-corrected chi connectivity index (χ0v) is 21.8. The van der Waals surface area contributed by atoms with Gasteiger partial charge in [-0.3, -0.25) is 0 Å². The number of halogens is 4. The Labute approximate surface area is 211 Å². The Balaban J connectivity index is 2.17. The Kier molecular flexibility index (Phi) is 7.64. The summed E-state index contributed by atoms with van der Waals surface area (Å²) < 4.78 is 119. The summed E-state index contributed by atoms with van der Waals surface area (Å²) in [6.07, 6.45) is -3.98. The van der Waals surface area contributed by atoms with E-state index in [4.69, 9.17) is 11.6 Å². The van der Waals surface area contributed by atoms with Gasteiger partial charge in [-0.25, -0.2) is 30.0 Å². The van der Waals surface area contributed by atoms with Crippen LogP contribution in [0.3, 0.4) is 0 Å². The van der Waals surface area contributed by atoms with Crippen LogP contribution in [0.5, 0.6) is 0 Å². The maximum atomic E-state index is 13.4. The fraction of sp³-hybridized carbons (Fsp3) is 0.182. The molecule has 3 aromatic carbocycles. The van der Waals surface area contributed by atoms with Crippen molar-refractivity contribution in [2.75, 3.05) is 6.26 Å². The van der Waals surface area contributed by atoms with Gasteiger partial charge in [-0.1, -0.05) is 23.7 Å². The second kappa shape index (κ2) is 9.78. The van der Waals surface area contributed by atoms with E-state index in [2.05, 4.69) is 4.72 Å². The van der Waals surface area contributed by atoms with Crippen molar-refractivity contribution in [2.45, 2.75) is 38.7 Å². The molecule has 194 valence electrons. The van der Waals surface area contributed by atoms with Crippen molar-refractivity contribution < 1.29 is 38.4 Å². The molecule has 1 N–H and O–H groups in total. The van der Waals surface area contributed by atoms with Crippen LogP contribution in [-0.4, -0.2) is 31.5 Å². The van der Waals surface area contributed by atoms with Crippen LogP contribution < -0.4 is 4.72 Å². The van der Waals surface area contributed by atoms with Crippen molar-refractivity contribution >= 4 is 41.3 Å². The molecular weight excluding hydrogens is 563 g/mol. The summed E-state index contributed by atoms with van der Waals surface area (Å²) in [4.78, 5) is -2.74. The average Bonchev–Trinajstić information content (AvgIpc) is 2.77. The fourth-order valence-electron chi connectivity index (χ4n) is 3.31. The summed E-state index contributed by atoms with van der Waals surface area (Å²) in [5.74, 6) is 0. The third-order valence-corrected chi connectivity index (χ3v) is 9.86. The number of alkyl halides is 3. The van der Waals surface area contributed by atoms with Crippen molar-refractivity contribution in [1.29, 1.82) is 0 Å². The molecule has 14 heteroatoms. The van der Waals surface area contributed by atoms with Gasteiger partial charge in [0.1, 0.15) is 0 Å². The maximum Gasteiger partial charge on any atom is 0.416 e. The minimum atomic E-state index is -4.93. The van der Waals surface area contributed by atoms with E-state index in [9.17, 15) is 38.4 Å². The fourth-order valence-corrected chi connectivity index (χ4v) is 7.55. The summed E-state index contributed by atoms with van der Waals surface area (Å²) >= 11 is 5.77.